The van der Waals surface area contributed by atoms with Crippen molar-refractivity contribution in [1.29, 1.82) is 0 Å². The molecule has 0 bridgehead atoms. The lowest BCUT2D eigenvalue weighted by molar-refractivity contribution is 0.416. The van der Waals surface area contributed by atoms with Gasteiger partial charge in [0.1, 0.15) is 0 Å². The van der Waals surface area contributed by atoms with Gasteiger partial charge in [0.15, 0.2) is 0 Å². The smallest absolute Gasteiger partial charge is 0.250 e. The van der Waals surface area contributed by atoms with Crippen LogP contribution >= 0.6 is 0 Å². The summed E-state index contributed by atoms with van der Waals surface area (Å²) in [7, 11) is 6.17. The Hall–Kier alpha value is -1.29. The van der Waals surface area contributed by atoms with Crippen LogP contribution in [0.25, 0.3) is 0 Å². The van der Waals surface area contributed by atoms with Crippen molar-refractivity contribution in [3.8, 4) is 0 Å². The van der Waals surface area contributed by atoms with E-state index < -0.39 is 0 Å². The fourth-order valence-electron chi connectivity index (χ4n) is 1.60. The number of nitrogens with zero attached hydrogens (tertiary/aromatic N) is 3. The molecule has 0 unspecified atom stereocenters. The first-order valence-electron chi connectivity index (χ1n) is 6.00. The highest BCUT2D eigenvalue weighted by Crippen LogP contribution is 2.11. The summed E-state index contributed by atoms with van der Waals surface area (Å²) in [5.41, 5.74) is 1.14. The van der Waals surface area contributed by atoms with Crippen LogP contribution in [0.15, 0.2) is 23.1 Å². The van der Waals surface area contributed by atoms with Crippen molar-refractivity contribution in [3.63, 3.8) is 0 Å². The summed E-state index contributed by atoms with van der Waals surface area (Å²) in [5, 5.41) is 0. The standard InChI is InChI=1S/C13H23N3O/c1-11(2)16-10-12(6-7-13(16)17)15(5)9-8-14(3)4/h6-7,10-11H,8-9H2,1-5H3. The molecule has 0 saturated carbocycles. The van der Waals surface area contributed by atoms with E-state index in [0.717, 1.165) is 18.8 Å². The molecule has 0 aliphatic carbocycles. The Bertz CT molecular complexity index is 409. The Morgan fingerprint density at radius 1 is 1.18 bits per heavy atom. The van der Waals surface area contributed by atoms with Gasteiger partial charge in [-0.15, -0.1) is 0 Å². The maximum atomic E-state index is 11.6. The van der Waals surface area contributed by atoms with Gasteiger partial charge in [0.2, 0.25) is 0 Å². The number of hydrogen-bond donors (Lipinski definition) is 0. The lowest BCUT2D eigenvalue weighted by Crippen LogP contribution is -2.30. The number of hydrogen-bond acceptors (Lipinski definition) is 3. The van der Waals surface area contributed by atoms with Gasteiger partial charge in [-0.25, -0.2) is 0 Å². The Balaban J connectivity index is 2.84. The molecule has 96 valence electrons. The summed E-state index contributed by atoms with van der Waals surface area (Å²) in [4.78, 5) is 16.0. The van der Waals surface area contributed by atoms with Gasteiger partial charge in [-0.05, 0) is 34.0 Å². The lowest BCUT2D eigenvalue weighted by Gasteiger charge is -2.23. The molecule has 1 aromatic heterocycles. The summed E-state index contributed by atoms with van der Waals surface area (Å²) >= 11 is 0. The van der Waals surface area contributed by atoms with E-state index in [-0.39, 0.29) is 11.6 Å². The molecule has 1 rings (SSSR count). The zero-order valence-electron chi connectivity index (χ0n) is 11.5. The summed E-state index contributed by atoms with van der Waals surface area (Å²) in [5.74, 6) is 0. The first-order chi connectivity index (χ1) is 7.91. The maximum absolute atomic E-state index is 11.6. The summed E-state index contributed by atoms with van der Waals surface area (Å²) in [6.07, 6.45) is 1.93. The number of aromatic nitrogens is 1. The average molecular weight is 237 g/mol. The first-order valence-corrected chi connectivity index (χ1v) is 6.00. The largest absolute Gasteiger partial charge is 0.372 e. The molecule has 4 nitrogen and oxygen atoms in total. The molecule has 0 spiro atoms. The van der Waals surface area contributed by atoms with Crippen LogP contribution in [0.4, 0.5) is 5.69 Å². The molecule has 1 heterocycles. The Morgan fingerprint density at radius 3 is 2.35 bits per heavy atom. The minimum atomic E-state index is 0.0600. The Labute approximate surface area is 103 Å². The SMILES string of the molecule is CC(C)n1cc(N(C)CCN(C)C)ccc1=O. The van der Waals surface area contributed by atoms with Gasteiger partial charge in [-0.2, -0.15) is 0 Å². The molecule has 0 atom stereocenters. The quantitative estimate of drug-likeness (QED) is 0.775. The second-order valence-electron chi connectivity index (χ2n) is 4.95. The molecular weight excluding hydrogens is 214 g/mol. The summed E-state index contributed by atoms with van der Waals surface area (Å²) in [6, 6.07) is 3.72. The number of pyridine rings is 1. The minimum Gasteiger partial charge on any atom is -0.372 e. The highest BCUT2D eigenvalue weighted by molar-refractivity contribution is 5.43. The van der Waals surface area contributed by atoms with E-state index in [2.05, 4.69) is 23.9 Å². The Kier molecular flexibility index (Phi) is 4.75. The minimum absolute atomic E-state index is 0.0600. The van der Waals surface area contributed by atoms with Gasteiger partial charge in [0, 0.05) is 38.4 Å². The highest BCUT2D eigenvalue weighted by atomic mass is 16.1. The normalized spacial score (nSPS) is 11.2. The van der Waals surface area contributed by atoms with E-state index in [0.29, 0.717) is 0 Å². The number of rotatable bonds is 5. The second kappa shape index (κ2) is 5.87. The molecule has 0 aromatic carbocycles. The van der Waals surface area contributed by atoms with Crippen LogP contribution in [0.5, 0.6) is 0 Å². The topological polar surface area (TPSA) is 28.5 Å². The van der Waals surface area contributed by atoms with Gasteiger partial charge < -0.3 is 14.4 Å². The molecule has 17 heavy (non-hydrogen) atoms. The van der Waals surface area contributed by atoms with Crippen LogP contribution in [-0.2, 0) is 0 Å². The van der Waals surface area contributed by atoms with Crippen LogP contribution in [0.1, 0.15) is 19.9 Å². The third-order valence-corrected chi connectivity index (χ3v) is 2.80. The van der Waals surface area contributed by atoms with Crippen molar-refractivity contribution in [2.45, 2.75) is 19.9 Å². The van der Waals surface area contributed by atoms with Crippen molar-refractivity contribution in [1.82, 2.24) is 9.47 Å². The molecular formula is C13H23N3O. The van der Waals surface area contributed by atoms with Crippen LogP contribution in [0.3, 0.4) is 0 Å². The fourth-order valence-corrected chi connectivity index (χ4v) is 1.60. The summed E-state index contributed by atoms with van der Waals surface area (Å²) in [6.45, 7) is 5.98. The van der Waals surface area contributed by atoms with Gasteiger partial charge >= 0.3 is 0 Å². The molecule has 1 aromatic rings. The monoisotopic (exact) mass is 237 g/mol. The third kappa shape index (κ3) is 3.89. The van der Waals surface area contributed by atoms with Crippen LogP contribution in [0.2, 0.25) is 0 Å². The molecule has 4 heteroatoms. The van der Waals surface area contributed by atoms with Crippen molar-refractivity contribution in [2.24, 2.45) is 0 Å². The van der Waals surface area contributed by atoms with E-state index in [4.69, 9.17) is 0 Å². The molecule has 0 aliphatic heterocycles. The lowest BCUT2D eigenvalue weighted by atomic mass is 10.3. The zero-order chi connectivity index (χ0) is 13.0. The predicted molar refractivity (Wildman–Crippen MR) is 72.9 cm³/mol. The van der Waals surface area contributed by atoms with Crippen LogP contribution in [-0.4, -0.2) is 43.7 Å². The second-order valence-corrected chi connectivity index (χ2v) is 4.95. The number of likely N-dealkylation sites (N-methyl/N-ethyl adjacent to an activating group) is 2. The highest BCUT2D eigenvalue weighted by Gasteiger charge is 2.06. The summed E-state index contributed by atoms with van der Waals surface area (Å²) < 4.78 is 1.77. The molecule has 0 saturated heterocycles. The van der Waals surface area contributed by atoms with Gasteiger partial charge in [0.25, 0.3) is 5.56 Å². The number of anilines is 1. The molecule has 0 fully saturated rings. The van der Waals surface area contributed by atoms with Gasteiger partial charge in [-0.1, -0.05) is 0 Å². The van der Waals surface area contributed by atoms with Crippen molar-refractivity contribution >= 4 is 5.69 Å². The molecule has 0 N–H and O–H groups in total. The zero-order valence-corrected chi connectivity index (χ0v) is 11.5. The maximum Gasteiger partial charge on any atom is 0.250 e. The average Bonchev–Trinajstić information content (AvgIpc) is 2.26. The van der Waals surface area contributed by atoms with Gasteiger partial charge in [-0.3, -0.25) is 4.79 Å². The van der Waals surface area contributed by atoms with E-state index >= 15 is 0 Å². The van der Waals surface area contributed by atoms with Crippen LogP contribution in [0, 0.1) is 0 Å². The van der Waals surface area contributed by atoms with E-state index in [1.165, 1.54) is 0 Å². The van der Waals surface area contributed by atoms with Crippen molar-refractivity contribution < 1.29 is 0 Å². The molecule has 0 aliphatic rings. The van der Waals surface area contributed by atoms with Crippen molar-refractivity contribution in [2.75, 3.05) is 39.1 Å². The van der Waals surface area contributed by atoms with Crippen LogP contribution < -0.4 is 10.5 Å². The first kappa shape index (κ1) is 13.8. The fraction of sp³-hybridized carbons (Fsp3) is 0.615. The third-order valence-electron chi connectivity index (χ3n) is 2.80. The van der Waals surface area contributed by atoms with Crippen molar-refractivity contribution in [3.05, 3.63) is 28.7 Å². The van der Waals surface area contributed by atoms with E-state index in [9.17, 15) is 4.79 Å². The molecule has 0 radical (unpaired) electrons. The van der Waals surface area contributed by atoms with E-state index in [1.54, 1.807) is 10.6 Å². The van der Waals surface area contributed by atoms with Gasteiger partial charge in [0.05, 0.1) is 5.69 Å². The molecule has 0 amide bonds. The predicted octanol–water partition coefficient (Wildman–Crippen LogP) is 1.43. The van der Waals surface area contributed by atoms with E-state index in [1.807, 2.05) is 33.2 Å². The Morgan fingerprint density at radius 2 is 1.82 bits per heavy atom.